The van der Waals surface area contributed by atoms with Crippen LogP contribution in [-0.2, 0) is 11.3 Å². The number of nitrogens with zero attached hydrogens (tertiary/aromatic N) is 1. The Morgan fingerprint density at radius 3 is 2.86 bits per heavy atom. The summed E-state index contributed by atoms with van der Waals surface area (Å²) in [5.74, 6) is 0.160. The maximum Gasteiger partial charge on any atom is 0.226 e. The first-order valence-corrected chi connectivity index (χ1v) is 7.68. The smallest absolute Gasteiger partial charge is 0.226 e. The van der Waals surface area contributed by atoms with Crippen molar-refractivity contribution in [1.29, 1.82) is 5.26 Å². The van der Waals surface area contributed by atoms with Gasteiger partial charge in [-0.25, -0.2) is 0 Å². The highest BCUT2D eigenvalue weighted by molar-refractivity contribution is 5.82. The van der Waals surface area contributed by atoms with Crippen molar-refractivity contribution >= 4 is 5.91 Å². The maximum absolute atomic E-state index is 12.6. The van der Waals surface area contributed by atoms with E-state index in [4.69, 9.17) is 5.26 Å². The Bertz CT molecular complexity index is 522. The molecule has 0 radical (unpaired) electrons. The van der Waals surface area contributed by atoms with E-state index in [2.05, 4.69) is 23.6 Å². The lowest BCUT2D eigenvalue weighted by atomic mass is 9.74. The summed E-state index contributed by atoms with van der Waals surface area (Å²) in [6, 6.07) is 9.52. The molecule has 0 bridgehead atoms. The van der Waals surface area contributed by atoms with E-state index in [1.54, 1.807) is 6.07 Å². The molecule has 1 saturated heterocycles. The Kier molecular flexibility index (Phi) is 5.35. The summed E-state index contributed by atoms with van der Waals surface area (Å²) in [7, 11) is 0. The third-order valence-electron chi connectivity index (χ3n) is 4.28. The normalized spacial score (nSPS) is 17.0. The summed E-state index contributed by atoms with van der Waals surface area (Å²) in [5.41, 5.74) is 1.39. The standard InChI is InChI=1S/C17H23N3O/c1-2-6-17(7-9-19-10-8-17)16(21)20-13-15-5-3-4-14(11-15)12-18/h3-5,11,19H,2,6-10,13H2,1H3,(H,20,21). The predicted molar refractivity (Wildman–Crippen MR) is 82.4 cm³/mol. The number of nitrogens with one attached hydrogen (secondary N) is 2. The first-order chi connectivity index (χ1) is 10.2. The monoisotopic (exact) mass is 285 g/mol. The molecular weight excluding hydrogens is 262 g/mol. The van der Waals surface area contributed by atoms with Gasteiger partial charge in [0.15, 0.2) is 0 Å². The zero-order valence-electron chi connectivity index (χ0n) is 12.6. The van der Waals surface area contributed by atoms with E-state index in [1.165, 1.54) is 0 Å². The largest absolute Gasteiger partial charge is 0.352 e. The van der Waals surface area contributed by atoms with Gasteiger partial charge in [-0.1, -0.05) is 25.5 Å². The number of hydrogen-bond donors (Lipinski definition) is 2. The van der Waals surface area contributed by atoms with Crippen LogP contribution in [0.5, 0.6) is 0 Å². The van der Waals surface area contributed by atoms with Gasteiger partial charge in [0.1, 0.15) is 0 Å². The van der Waals surface area contributed by atoms with E-state index < -0.39 is 0 Å². The summed E-state index contributed by atoms with van der Waals surface area (Å²) in [4.78, 5) is 12.6. The van der Waals surface area contributed by atoms with Gasteiger partial charge in [0.05, 0.1) is 17.0 Å². The van der Waals surface area contributed by atoms with Gasteiger partial charge >= 0.3 is 0 Å². The van der Waals surface area contributed by atoms with Gasteiger partial charge in [-0.3, -0.25) is 4.79 Å². The molecule has 1 aliphatic heterocycles. The van der Waals surface area contributed by atoms with E-state index in [0.717, 1.165) is 44.3 Å². The first kappa shape index (κ1) is 15.5. The molecule has 0 atom stereocenters. The van der Waals surface area contributed by atoms with E-state index in [9.17, 15) is 4.79 Å². The fraction of sp³-hybridized carbons (Fsp3) is 0.529. The Labute approximate surface area is 126 Å². The second-order valence-electron chi connectivity index (χ2n) is 5.78. The third-order valence-corrected chi connectivity index (χ3v) is 4.28. The average molecular weight is 285 g/mol. The van der Waals surface area contributed by atoms with Crippen molar-refractivity contribution in [2.75, 3.05) is 13.1 Å². The summed E-state index contributed by atoms with van der Waals surface area (Å²) < 4.78 is 0. The van der Waals surface area contributed by atoms with Crippen LogP contribution in [0.2, 0.25) is 0 Å². The number of nitriles is 1. The summed E-state index contributed by atoms with van der Waals surface area (Å²) in [6.45, 7) is 4.45. The number of piperidine rings is 1. The minimum Gasteiger partial charge on any atom is -0.352 e. The number of carbonyl (C=O) groups excluding carboxylic acids is 1. The molecule has 1 heterocycles. The molecule has 21 heavy (non-hydrogen) atoms. The molecule has 1 aromatic carbocycles. The molecule has 4 heteroatoms. The second kappa shape index (κ2) is 7.24. The fourth-order valence-electron chi connectivity index (χ4n) is 3.10. The molecule has 1 amide bonds. The van der Waals surface area contributed by atoms with Crippen molar-refractivity contribution in [3.8, 4) is 6.07 Å². The third kappa shape index (κ3) is 3.83. The van der Waals surface area contributed by atoms with Gasteiger partial charge < -0.3 is 10.6 Å². The van der Waals surface area contributed by atoms with E-state index >= 15 is 0 Å². The van der Waals surface area contributed by atoms with E-state index in [-0.39, 0.29) is 11.3 Å². The number of rotatable bonds is 5. The van der Waals surface area contributed by atoms with Crippen LogP contribution >= 0.6 is 0 Å². The molecule has 0 spiro atoms. The molecule has 1 aromatic rings. The van der Waals surface area contributed by atoms with Gasteiger partial charge in [0, 0.05) is 6.54 Å². The zero-order valence-corrected chi connectivity index (χ0v) is 12.6. The molecule has 0 saturated carbocycles. The molecule has 2 N–H and O–H groups in total. The highest BCUT2D eigenvalue weighted by atomic mass is 16.2. The van der Waals surface area contributed by atoms with Gasteiger partial charge in [-0.2, -0.15) is 5.26 Å². The van der Waals surface area contributed by atoms with Crippen molar-refractivity contribution in [1.82, 2.24) is 10.6 Å². The van der Waals surface area contributed by atoms with Crippen molar-refractivity contribution in [2.24, 2.45) is 5.41 Å². The number of hydrogen-bond acceptors (Lipinski definition) is 3. The Morgan fingerprint density at radius 2 is 2.19 bits per heavy atom. The summed E-state index contributed by atoms with van der Waals surface area (Å²) in [5, 5.41) is 15.3. The lowest BCUT2D eigenvalue weighted by molar-refractivity contribution is -0.133. The minimum absolute atomic E-state index is 0.160. The fourth-order valence-corrected chi connectivity index (χ4v) is 3.10. The van der Waals surface area contributed by atoms with E-state index in [0.29, 0.717) is 12.1 Å². The average Bonchev–Trinajstić information content (AvgIpc) is 2.54. The summed E-state index contributed by atoms with van der Waals surface area (Å²) >= 11 is 0. The van der Waals surface area contributed by atoms with Crippen LogP contribution in [0, 0.1) is 16.7 Å². The topological polar surface area (TPSA) is 64.9 Å². The highest BCUT2D eigenvalue weighted by Crippen LogP contribution is 2.34. The van der Waals surface area contributed by atoms with Crippen LogP contribution < -0.4 is 10.6 Å². The van der Waals surface area contributed by atoms with Crippen LogP contribution in [0.4, 0.5) is 0 Å². The molecule has 0 aliphatic carbocycles. The molecule has 1 fully saturated rings. The van der Waals surface area contributed by atoms with Crippen LogP contribution in [-0.4, -0.2) is 19.0 Å². The van der Waals surface area contributed by atoms with Gasteiger partial charge in [0.2, 0.25) is 5.91 Å². The van der Waals surface area contributed by atoms with Gasteiger partial charge in [0.25, 0.3) is 0 Å². The maximum atomic E-state index is 12.6. The van der Waals surface area contributed by atoms with Crippen LogP contribution in [0.3, 0.4) is 0 Å². The molecule has 4 nitrogen and oxygen atoms in total. The Hall–Kier alpha value is -1.86. The molecule has 0 aromatic heterocycles. The quantitative estimate of drug-likeness (QED) is 0.872. The van der Waals surface area contributed by atoms with Crippen molar-refractivity contribution in [3.63, 3.8) is 0 Å². The van der Waals surface area contributed by atoms with Crippen LogP contribution in [0.25, 0.3) is 0 Å². The number of amides is 1. The number of carbonyl (C=O) groups is 1. The summed E-state index contributed by atoms with van der Waals surface area (Å²) in [6.07, 6.45) is 3.78. The second-order valence-corrected chi connectivity index (χ2v) is 5.78. The molecule has 1 aliphatic rings. The molecule has 2 rings (SSSR count). The molecule has 0 unspecified atom stereocenters. The lowest BCUT2D eigenvalue weighted by Crippen LogP contribution is -2.47. The first-order valence-electron chi connectivity index (χ1n) is 7.68. The Balaban J connectivity index is 2.00. The number of benzene rings is 1. The van der Waals surface area contributed by atoms with Crippen LogP contribution in [0.1, 0.15) is 43.7 Å². The van der Waals surface area contributed by atoms with Crippen molar-refractivity contribution in [2.45, 2.75) is 39.2 Å². The Morgan fingerprint density at radius 1 is 1.43 bits per heavy atom. The highest BCUT2D eigenvalue weighted by Gasteiger charge is 2.38. The van der Waals surface area contributed by atoms with Gasteiger partial charge in [-0.15, -0.1) is 0 Å². The predicted octanol–water partition coefficient (Wildman–Crippen LogP) is 2.34. The van der Waals surface area contributed by atoms with Gasteiger partial charge in [-0.05, 0) is 50.0 Å². The van der Waals surface area contributed by atoms with Crippen LogP contribution in [0.15, 0.2) is 24.3 Å². The minimum atomic E-state index is -0.215. The molecule has 112 valence electrons. The van der Waals surface area contributed by atoms with E-state index in [1.807, 2.05) is 18.2 Å². The lowest BCUT2D eigenvalue weighted by Gasteiger charge is -2.36. The molecular formula is C17H23N3O. The van der Waals surface area contributed by atoms with Crippen molar-refractivity contribution in [3.05, 3.63) is 35.4 Å². The zero-order chi connectivity index (χ0) is 15.1. The SMILES string of the molecule is CCCC1(C(=O)NCc2cccc(C#N)c2)CCNCC1. The van der Waals surface area contributed by atoms with Crippen molar-refractivity contribution < 1.29 is 4.79 Å².